The fraction of sp³-hybridized carbons (Fsp3) is 0.182. The minimum absolute atomic E-state index is 0.399. The molecule has 0 saturated heterocycles. The van der Waals surface area contributed by atoms with Crippen LogP contribution in [0, 0.1) is 13.8 Å². The zero-order valence-electron chi connectivity index (χ0n) is 16.6. The first kappa shape index (κ1) is 20.7. The third-order valence-corrected chi connectivity index (χ3v) is 4.88. The van der Waals surface area contributed by atoms with Crippen molar-refractivity contribution in [3.05, 3.63) is 76.0 Å². The number of amides is 2. The van der Waals surface area contributed by atoms with Gasteiger partial charge in [0, 0.05) is 32.8 Å². The number of aromatic nitrogens is 1. The second kappa shape index (κ2) is 9.43. The number of rotatable bonds is 6. The Hall–Kier alpha value is -3.06. The Morgan fingerprint density at radius 3 is 2.48 bits per heavy atom. The highest BCUT2D eigenvalue weighted by Crippen LogP contribution is 2.22. The van der Waals surface area contributed by atoms with Crippen molar-refractivity contribution < 1.29 is 9.53 Å². The van der Waals surface area contributed by atoms with Crippen LogP contribution in [0.5, 0.6) is 5.75 Å². The zero-order valence-corrected chi connectivity index (χ0v) is 18.2. The minimum atomic E-state index is -0.399. The molecular weight excluding hydrogens is 432 g/mol. The molecule has 0 bridgehead atoms. The monoisotopic (exact) mass is 454 g/mol. The number of hydrogen-bond acceptors (Lipinski definition) is 3. The lowest BCUT2D eigenvalue weighted by molar-refractivity contribution is 0.252. The van der Waals surface area contributed by atoms with Gasteiger partial charge >= 0.3 is 6.03 Å². The lowest BCUT2D eigenvalue weighted by Gasteiger charge is -2.11. The first-order valence-corrected chi connectivity index (χ1v) is 10.0. The molecule has 2 N–H and O–H groups in total. The Labute approximate surface area is 178 Å². The van der Waals surface area contributed by atoms with Crippen molar-refractivity contribution in [2.75, 3.05) is 11.9 Å². The van der Waals surface area contributed by atoms with Crippen LogP contribution in [0.25, 0.3) is 5.69 Å². The van der Waals surface area contributed by atoms with Gasteiger partial charge < -0.3 is 14.6 Å². The number of carbonyl (C=O) groups excluding carboxylic acids is 1. The summed E-state index contributed by atoms with van der Waals surface area (Å²) in [7, 11) is 0. The third-order valence-electron chi connectivity index (χ3n) is 4.35. The molecule has 0 unspecified atom stereocenters. The second-order valence-electron chi connectivity index (χ2n) is 6.42. The van der Waals surface area contributed by atoms with Gasteiger partial charge in [0.1, 0.15) is 5.75 Å². The number of nitrogens with one attached hydrogen (secondary N) is 2. The van der Waals surface area contributed by atoms with Crippen LogP contribution in [-0.4, -0.2) is 23.4 Å². The quantitative estimate of drug-likeness (QED) is 0.386. The molecular formula is C22H23BrN4O2. The van der Waals surface area contributed by atoms with Crippen LogP contribution in [-0.2, 0) is 0 Å². The van der Waals surface area contributed by atoms with E-state index in [0.29, 0.717) is 12.3 Å². The number of ether oxygens (including phenoxy) is 1. The van der Waals surface area contributed by atoms with E-state index in [0.717, 1.165) is 32.9 Å². The van der Waals surface area contributed by atoms with Crippen molar-refractivity contribution in [2.24, 2.45) is 5.10 Å². The van der Waals surface area contributed by atoms with E-state index < -0.39 is 6.03 Å². The van der Waals surface area contributed by atoms with E-state index in [9.17, 15) is 4.79 Å². The van der Waals surface area contributed by atoms with E-state index in [2.05, 4.69) is 36.3 Å². The summed E-state index contributed by atoms with van der Waals surface area (Å²) >= 11 is 3.36. The number of hydrazone groups is 1. The standard InChI is InChI=1S/C22H23BrN4O2/c1-4-29-21-11-9-20(10-12-21)27-15(2)13-17(16(27)3)14-24-26-22(28)25-19-7-5-18(23)6-8-19/h5-14H,4H2,1-3H3,(H2,25,26,28)/b24-14+. The maximum atomic E-state index is 12.0. The van der Waals surface area contributed by atoms with E-state index in [-0.39, 0.29) is 0 Å². The van der Waals surface area contributed by atoms with E-state index in [1.807, 2.05) is 63.2 Å². The molecule has 0 atom stereocenters. The summed E-state index contributed by atoms with van der Waals surface area (Å²) in [5.41, 5.74) is 7.27. The molecule has 0 saturated carbocycles. The van der Waals surface area contributed by atoms with Gasteiger partial charge in [-0.1, -0.05) is 15.9 Å². The smallest absolute Gasteiger partial charge is 0.339 e. The molecule has 3 aromatic rings. The van der Waals surface area contributed by atoms with Crippen molar-refractivity contribution in [1.29, 1.82) is 0 Å². The molecule has 7 heteroatoms. The molecule has 150 valence electrons. The predicted molar refractivity (Wildman–Crippen MR) is 120 cm³/mol. The molecule has 0 fully saturated rings. The SMILES string of the molecule is CCOc1ccc(-n2c(C)cc(/C=N/NC(=O)Nc3ccc(Br)cc3)c2C)cc1. The molecule has 3 rings (SSSR count). The Morgan fingerprint density at radius 1 is 1.14 bits per heavy atom. The largest absolute Gasteiger partial charge is 0.494 e. The number of aryl methyl sites for hydroxylation is 1. The van der Waals surface area contributed by atoms with Crippen molar-refractivity contribution in [3.63, 3.8) is 0 Å². The number of urea groups is 1. The summed E-state index contributed by atoms with van der Waals surface area (Å²) in [6.07, 6.45) is 1.65. The van der Waals surface area contributed by atoms with Gasteiger partial charge in [0.15, 0.2) is 0 Å². The van der Waals surface area contributed by atoms with Gasteiger partial charge in [0.05, 0.1) is 12.8 Å². The zero-order chi connectivity index (χ0) is 20.8. The summed E-state index contributed by atoms with van der Waals surface area (Å²) in [5.74, 6) is 0.849. The fourth-order valence-electron chi connectivity index (χ4n) is 3.03. The van der Waals surface area contributed by atoms with Gasteiger partial charge in [-0.25, -0.2) is 10.2 Å². The second-order valence-corrected chi connectivity index (χ2v) is 7.34. The number of benzene rings is 2. The first-order valence-electron chi connectivity index (χ1n) is 9.25. The molecule has 2 amide bonds. The molecule has 1 aromatic heterocycles. The number of halogens is 1. The molecule has 2 aromatic carbocycles. The molecule has 0 spiro atoms. The van der Waals surface area contributed by atoms with Crippen LogP contribution in [0.3, 0.4) is 0 Å². The molecule has 29 heavy (non-hydrogen) atoms. The van der Waals surface area contributed by atoms with Gasteiger partial charge in [-0.05, 0) is 75.4 Å². The molecule has 0 aliphatic rings. The topological polar surface area (TPSA) is 67.6 Å². The fourth-order valence-corrected chi connectivity index (χ4v) is 3.29. The van der Waals surface area contributed by atoms with Crippen molar-refractivity contribution in [3.8, 4) is 11.4 Å². The summed E-state index contributed by atoms with van der Waals surface area (Å²) in [6, 6.07) is 16.9. The number of carbonyl (C=O) groups is 1. The Kier molecular flexibility index (Phi) is 6.72. The van der Waals surface area contributed by atoms with Crippen molar-refractivity contribution in [2.45, 2.75) is 20.8 Å². The molecule has 0 radical (unpaired) electrons. The average molecular weight is 455 g/mol. The number of nitrogens with zero attached hydrogens (tertiary/aromatic N) is 2. The van der Waals surface area contributed by atoms with Crippen molar-refractivity contribution >= 4 is 33.9 Å². The first-order chi connectivity index (χ1) is 14.0. The van der Waals surface area contributed by atoms with Crippen LogP contribution in [0.4, 0.5) is 10.5 Å². The Morgan fingerprint density at radius 2 is 1.83 bits per heavy atom. The minimum Gasteiger partial charge on any atom is -0.494 e. The van der Waals surface area contributed by atoms with E-state index >= 15 is 0 Å². The van der Waals surface area contributed by atoms with Gasteiger partial charge in [0.25, 0.3) is 0 Å². The maximum absolute atomic E-state index is 12.0. The summed E-state index contributed by atoms with van der Waals surface area (Å²) in [6.45, 7) is 6.66. The maximum Gasteiger partial charge on any atom is 0.339 e. The highest BCUT2D eigenvalue weighted by Gasteiger charge is 2.10. The van der Waals surface area contributed by atoms with Crippen LogP contribution in [0.2, 0.25) is 0 Å². The average Bonchev–Trinajstić information content (AvgIpc) is 2.98. The van der Waals surface area contributed by atoms with Crippen LogP contribution in [0.1, 0.15) is 23.9 Å². The number of anilines is 1. The highest BCUT2D eigenvalue weighted by molar-refractivity contribution is 9.10. The van der Waals surface area contributed by atoms with Gasteiger partial charge in [-0.15, -0.1) is 0 Å². The summed E-state index contributed by atoms with van der Waals surface area (Å²) in [5, 5.41) is 6.80. The lowest BCUT2D eigenvalue weighted by atomic mass is 10.2. The lowest BCUT2D eigenvalue weighted by Crippen LogP contribution is -2.24. The van der Waals surface area contributed by atoms with Gasteiger partial charge in [-0.3, -0.25) is 0 Å². The third kappa shape index (κ3) is 5.26. The molecule has 6 nitrogen and oxygen atoms in total. The van der Waals surface area contributed by atoms with E-state index in [1.165, 1.54) is 0 Å². The molecule has 0 aliphatic heterocycles. The summed E-state index contributed by atoms with van der Waals surface area (Å²) < 4.78 is 8.59. The predicted octanol–water partition coefficient (Wildman–Crippen LogP) is 5.41. The highest BCUT2D eigenvalue weighted by atomic mass is 79.9. The van der Waals surface area contributed by atoms with E-state index in [4.69, 9.17) is 4.74 Å². The van der Waals surface area contributed by atoms with Crippen LogP contribution >= 0.6 is 15.9 Å². The molecule has 1 heterocycles. The normalized spacial score (nSPS) is 10.9. The van der Waals surface area contributed by atoms with E-state index in [1.54, 1.807) is 18.3 Å². The number of hydrogen-bond donors (Lipinski definition) is 2. The van der Waals surface area contributed by atoms with Gasteiger partial charge in [0.2, 0.25) is 0 Å². The molecule has 0 aliphatic carbocycles. The van der Waals surface area contributed by atoms with Crippen molar-refractivity contribution in [1.82, 2.24) is 9.99 Å². The van der Waals surface area contributed by atoms with Crippen LogP contribution in [0.15, 0.2) is 64.2 Å². The Balaban J connectivity index is 1.67. The summed E-state index contributed by atoms with van der Waals surface area (Å²) in [4.78, 5) is 12.0. The van der Waals surface area contributed by atoms with Gasteiger partial charge in [-0.2, -0.15) is 5.10 Å². The Bertz CT molecular complexity index is 1010. The van der Waals surface area contributed by atoms with Crippen LogP contribution < -0.4 is 15.5 Å².